The Hall–Kier alpha value is -4.60. The lowest BCUT2D eigenvalue weighted by Crippen LogP contribution is -2.17. The second-order valence-electron chi connectivity index (χ2n) is 9.18. The van der Waals surface area contributed by atoms with E-state index in [-0.39, 0.29) is 17.9 Å². The molecule has 0 spiro atoms. The summed E-state index contributed by atoms with van der Waals surface area (Å²) in [5.74, 6) is 0.948. The van der Waals surface area contributed by atoms with Gasteiger partial charge in [-0.15, -0.1) is 0 Å². The molecule has 2 heterocycles. The molecule has 4 aromatic rings. The van der Waals surface area contributed by atoms with E-state index < -0.39 is 0 Å². The van der Waals surface area contributed by atoms with Gasteiger partial charge in [-0.05, 0) is 61.6 Å². The van der Waals surface area contributed by atoms with E-state index in [1.54, 1.807) is 32.4 Å². The summed E-state index contributed by atoms with van der Waals surface area (Å²) in [6.45, 7) is 1.48. The van der Waals surface area contributed by atoms with Crippen molar-refractivity contribution in [3.05, 3.63) is 54.2 Å². The molecule has 1 aliphatic carbocycles. The number of nitrogens with zero attached hydrogens (tertiary/aromatic N) is 2. The van der Waals surface area contributed by atoms with Gasteiger partial charge < -0.3 is 30.4 Å². The predicted molar refractivity (Wildman–Crippen MR) is 146 cm³/mol. The van der Waals surface area contributed by atoms with Crippen LogP contribution in [0.2, 0.25) is 0 Å². The first-order chi connectivity index (χ1) is 18.4. The van der Waals surface area contributed by atoms with Crippen molar-refractivity contribution in [1.82, 2.24) is 20.3 Å². The number of aromatic nitrogens is 3. The van der Waals surface area contributed by atoms with Crippen LogP contribution in [0, 0.1) is 0 Å². The Balaban J connectivity index is 1.55. The maximum atomic E-state index is 12.0. The van der Waals surface area contributed by atoms with Crippen LogP contribution >= 0.6 is 0 Å². The number of fused-ring (bicyclic) bond motifs is 1. The molecule has 1 aliphatic rings. The number of rotatable bonds is 8. The molecule has 1 saturated carbocycles. The third kappa shape index (κ3) is 5.24. The molecule has 5 rings (SSSR count). The van der Waals surface area contributed by atoms with Crippen LogP contribution in [-0.4, -0.2) is 47.0 Å². The van der Waals surface area contributed by atoms with Crippen LogP contribution in [0.4, 0.5) is 17.3 Å². The highest BCUT2D eigenvalue weighted by Crippen LogP contribution is 2.38. The Bertz CT molecular complexity index is 1490. The third-order valence-electron chi connectivity index (χ3n) is 6.51. The van der Waals surface area contributed by atoms with Crippen LogP contribution in [0.25, 0.3) is 22.2 Å². The van der Waals surface area contributed by atoms with Crippen molar-refractivity contribution >= 4 is 40.2 Å². The van der Waals surface area contributed by atoms with E-state index in [0.29, 0.717) is 40.2 Å². The average molecular weight is 515 g/mol. The quantitative estimate of drug-likeness (QED) is 0.260. The summed E-state index contributed by atoms with van der Waals surface area (Å²) in [7, 11) is 3.12. The lowest BCUT2D eigenvalue weighted by atomic mass is 10.1. The lowest BCUT2D eigenvalue weighted by Gasteiger charge is -2.16. The molecular formula is C28H30N6O4. The molecule has 0 unspecified atom stereocenters. The number of nitrogens with one attached hydrogen (secondary N) is 4. The molecule has 4 N–H and O–H groups in total. The Morgan fingerprint density at radius 2 is 1.89 bits per heavy atom. The number of H-pyrrole nitrogens is 1. The summed E-state index contributed by atoms with van der Waals surface area (Å²) < 4.78 is 12.0. The van der Waals surface area contributed by atoms with E-state index in [0.717, 1.165) is 42.2 Å². The minimum Gasteiger partial charge on any atom is -0.495 e. The molecule has 0 aliphatic heterocycles. The topological polar surface area (TPSA) is 130 Å². The largest absolute Gasteiger partial charge is 0.495 e. The average Bonchev–Trinajstić information content (AvgIpc) is 3.58. The monoisotopic (exact) mass is 514 g/mol. The summed E-state index contributed by atoms with van der Waals surface area (Å²) in [5.41, 5.74) is 4.17. The molecule has 10 nitrogen and oxygen atoms in total. The summed E-state index contributed by atoms with van der Waals surface area (Å²) in [5, 5.41) is 9.43. The highest BCUT2D eigenvalue weighted by molar-refractivity contribution is 5.99. The normalized spacial score (nSPS) is 13.3. The third-order valence-corrected chi connectivity index (χ3v) is 6.51. The molecule has 0 bridgehead atoms. The van der Waals surface area contributed by atoms with Crippen LogP contribution < -0.4 is 25.4 Å². The van der Waals surface area contributed by atoms with Crippen LogP contribution in [0.3, 0.4) is 0 Å². The molecule has 1 fully saturated rings. The number of carbonyl (C=O) groups is 2. The zero-order valence-corrected chi connectivity index (χ0v) is 21.6. The molecule has 2 aromatic heterocycles. The standard InChI is InChI=1S/C28H30N6O4/c1-16(35)31-19-8-6-7-17(13-19)21-15-30-25-24(21)27(38-20-9-4-5-10-20)34-28(33-25)32-22-12-11-18(26(36)29-2)14-23(22)37-3/h6-8,11-15,20H,4-5,9-10H2,1-3H3,(H,29,36)(H,31,35)(H2,30,32,33,34). The van der Waals surface area contributed by atoms with E-state index in [2.05, 4.69) is 20.9 Å². The van der Waals surface area contributed by atoms with E-state index in [1.165, 1.54) is 6.92 Å². The van der Waals surface area contributed by atoms with Gasteiger partial charge in [-0.25, -0.2) is 0 Å². The number of amides is 2. The van der Waals surface area contributed by atoms with Crippen molar-refractivity contribution in [2.75, 3.05) is 24.8 Å². The Kier molecular flexibility index (Phi) is 7.12. The minimum absolute atomic E-state index is 0.0794. The highest BCUT2D eigenvalue weighted by atomic mass is 16.5. The van der Waals surface area contributed by atoms with Gasteiger partial charge in [-0.3, -0.25) is 9.59 Å². The number of aromatic amines is 1. The van der Waals surface area contributed by atoms with Crippen LogP contribution in [0.5, 0.6) is 11.6 Å². The number of benzene rings is 2. The van der Waals surface area contributed by atoms with Gasteiger partial charge in [0.15, 0.2) is 0 Å². The fourth-order valence-corrected chi connectivity index (χ4v) is 4.70. The zero-order chi connectivity index (χ0) is 26.6. The smallest absolute Gasteiger partial charge is 0.251 e. The second-order valence-corrected chi connectivity index (χ2v) is 9.18. The summed E-state index contributed by atoms with van der Waals surface area (Å²) in [6, 6.07) is 12.7. The molecular weight excluding hydrogens is 484 g/mol. The number of hydrogen-bond donors (Lipinski definition) is 4. The molecule has 2 aromatic carbocycles. The first-order valence-electron chi connectivity index (χ1n) is 12.6. The first kappa shape index (κ1) is 25.1. The first-order valence-corrected chi connectivity index (χ1v) is 12.6. The van der Waals surface area contributed by atoms with Gasteiger partial charge in [0.05, 0.1) is 18.2 Å². The van der Waals surface area contributed by atoms with Crippen molar-refractivity contribution in [3.8, 4) is 22.8 Å². The molecule has 196 valence electrons. The van der Waals surface area contributed by atoms with Gasteiger partial charge in [-0.1, -0.05) is 12.1 Å². The van der Waals surface area contributed by atoms with Crippen molar-refractivity contribution in [3.63, 3.8) is 0 Å². The van der Waals surface area contributed by atoms with Gasteiger partial charge in [0.2, 0.25) is 17.7 Å². The van der Waals surface area contributed by atoms with E-state index in [1.807, 2.05) is 30.5 Å². The Labute approximate surface area is 220 Å². The molecule has 0 radical (unpaired) electrons. The fourth-order valence-electron chi connectivity index (χ4n) is 4.70. The van der Waals surface area contributed by atoms with E-state index in [4.69, 9.17) is 19.4 Å². The van der Waals surface area contributed by atoms with Crippen LogP contribution in [-0.2, 0) is 4.79 Å². The second kappa shape index (κ2) is 10.8. The van der Waals surface area contributed by atoms with Gasteiger partial charge in [0.1, 0.15) is 17.5 Å². The van der Waals surface area contributed by atoms with Gasteiger partial charge in [0, 0.05) is 37.0 Å². The summed E-state index contributed by atoms with van der Waals surface area (Å²) in [6.07, 6.45) is 6.14. The SMILES string of the molecule is CNC(=O)c1ccc(Nc2nc(OC3CCCC3)c3c(-c4cccc(NC(C)=O)c4)c[nH]c3n2)c(OC)c1. The van der Waals surface area contributed by atoms with Crippen LogP contribution in [0.1, 0.15) is 43.0 Å². The number of hydrogen-bond acceptors (Lipinski definition) is 7. The predicted octanol–water partition coefficient (Wildman–Crippen LogP) is 5.02. The minimum atomic E-state index is -0.207. The fraction of sp³-hybridized carbons (Fsp3) is 0.286. The van der Waals surface area contributed by atoms with Crippen molar-refractivity contribution < 1.29 is 19.1 Å². The molecule has 10 heteroatoms. The molecule has 2 amide bonds. The number of methoxy groups -OCH3 is 1. The van der Waals surface area contributed by atoms with Gasteiger partial charge in [0.25, 0.3) is 5.91 Å². The van der Waals surface area contributed by atoms with E-state index in [9.17, 15) is 9.59 Å². The van der Waals surface area contributed by atoms with Gasteiger partial charge >= 0.3 is 0 Å². The zero-order valence-electron chi connectivity index (χ0n) is 21.6. The number of anilines is 3. The van der Waals surface area contributed by atoms with Crippen LogP contribution in [0.15, 0.2) is 48.7 Å². The summed E-state index contributed by atoms with van der Waals surface area (Å²) >= 11 is 0. The maximum absolute atomic E-state index is 12.0. The van der Waals surface area contributed by atoms with Crippen molar-refractivity contribution in [2.45, 2.75) is 38.7 Å². The Morgan fingerprint density at radius 1 is 1.08 bits per heavy atom. The highest BCUT2D eigenvalue weighted by Gasteiger charge is 2.23. The number of carbonyl (C=O) groups excluding carboxylic acids is 2. The summed E-state index contributed by atoms with van der Waals surface area (Å²) in [4.78, 5) is 36.4. The molecule has 0 saturated heterocycles. The van der Waals surface area contributed by atoms with Crippen molar-refractivity contribution in [1.29, 1.82) is 0 Å². The van der Waals surface area contributed by atoms with Gasteiger partial charge in [-0.2, -0.15) is 9.97 Å². The maximum Gasteiger partial charge on any atom is 0.251 e. The Morgan fingerprint density at radius 3 is 2.63 bits per heavy atom. The number of ether oxygens (including phenoxy) is 2. The van der Waals surface area contributed by atoms with E-state index >= 15 is 0 Å². The molecule has 38 heavy (non-hydrogen) atoms. The lowest BCUT2D eigenvalue weighted by molar-refractivity contribution is -0.114. The molecule has 0 atom stereocenters. The van der Waals surface area contributed by atoms with Crippen molar-refractivity contribution in [2.24, 2.45) is 0 Å².